The molecule has 23 heavy (non-hydrogen) atoms. The number of hydrogen-bond donors (Lipinski definition) is 1. The predicted octanol–water partition coefficient (Wildman–Crippen LogP) is 3.66. The summed E-state index contributed by atoms with van der Waals surface area (Å²) in [6.45, 7) is 2.34. The van der Waals surface area contributed by atoms with Crippen LogP contribution in [-0.4, -0.2) is 29.8 Å². The summed E-state index contributed by atoms with van der Waals surface area (Å²) in [4.78, 5) is 25.2. The number of anilines is 1. The molecule has 0 aromatic heterocycles. The molecule has 1 heterocycles. The average Bonchev–Trinajstić information content (AvgIpc) is 2.48. The van der Waals surface area contributed by atoms with E-state index in [9.17, 15) is 22.8 Å². The first-order chi connectivity index (χ1) is 10.7. The van der Waals surface area contributed by atoms with E-state index >= 15 is 0 Å². The van der Waals surface area contributed by atoms with E-state index in [1.807, 2.05) is 0 Å². The van der Waals surface area contributed by atoms with Gasteiger partial charge in [0.1, 0.15) is 0 Å². The Bertz CT molecular complexity index is 619. The van der Waals surface area contributed by atoms with Crippen LogP contribution in [0.15, 0.2) is 22.7 Å². The smallest absolute Gasteiger partial charge is 0.342 e. The summed E-state index contributed by atoms with van der Waals surface area (Å²) in [6, 6.07) is 3.55. The first-order valence-electron chi connectivity index (χ1n) is 7.11. The zero-order valence-electron chi connectivity index (χ0n) is 12.4. The van der Waals surface area contributed by atoms with Gasteiger partial charge in [-0.05, 0) is 31.0 Å². The molecule has 1 aliphatic heterocycles. The van der Waals surface area contributed by atoms with Crippen molar-refractivity contribution < 1.29 is 22.8 Å². The Morgan fingerprint density at radius 1 is 1.35 bits per heavy atom. The van der Waals surface area contributed by atoms with E-state index < -0.39 is 17.7 Å². The van der Waals surface area contributed by atoms with E-state index in [1.54, 1.807) is 4.90 Å². The number of nitrogens with zero attached hydrogens (tertiary/aromatic N) is 1. The molecule has 0 unspecified atom stereocenters. The predicted molar refractivity (Wildman–Crippen MR) is 82.8 cm³/mol. The molecule has 2 rings (SSSR count). The van der Waals surface area contributed by atoms with Gasteiger partial charge in [0.15, 0.2) is 0 Å². The number of carbonyl (C=O) groups excluding carboxylic acids is 2. The second-order valence-electron chi connectivity index (χ2n) is 5.49. The number of benzene rings is 1. The zero-order chi connectivity index (χ0) is 17.2. The van der Waals surface area contributed by atoms with Crippen LogP contribution in [0.2, 0.25) is 0 Å². The zero-order valence-corrected chi connectivity index (χ0v) is 14.0. The van der Waals surface area contributed by atoms with Gasteiger partial charge in [0, 0.05) is 30.2 Å². The first kappa shape index (κ1) is 17.8. The molecule has 0 saturated carbocycles. The number of alkyl halides is 3. The summed E-state index contributed by atoms with van der Waals surface area (Å²) in [5.74, 6) is -0.887. The van der Waals surface area contributed by atoms with Crippen LogP contribution in [-0.2, 0) is 15.8 Å². The van der Waals surface area contributed by atoms with Crippen LogP contribution in [0.25, 0.3) is 0 Å². The Morgan fingerprint density at radius 3 is 2.65 bits per heavy atom. The van der Waals surface area contributed by atoms with E-state index in [1.165, 1.54) is 19.1 Å². The van der Waals surface area contributed by atoms with E-state index in [0.29, 0.717) is 25.9 Å². The number of amides is 2. The molecule has 2 amide bonds. The van der Waals surface area contributed by atoms with E-state index in [0.717, 1.165) is 6.07 Å². The normalized spacial score (nSPS) is 18.7. The molecular formula is C15H16BrF3N2O2. The highest BCUT2D eigenvalue weighted by molar-refractivity contribution is 9.10. The number of halogens is 4. The van der Waals surface area contributed by atoms with Crippen molar-refractivity contribution in [3.05, 3.63) is 28.2 Å². The van der Waals surface area contributed by atoms with Crippen LogP contribution in [0.4, 0.5) is 18.9 Å². The number of likely N-dealkylation sites (tertiary alicyclic amines) is 1. The van der Waals surface area contributed by atoms with Crippen molar-refractivity contribution in [2.45, 2.75) is 25.9 Å². The van der Waals surface area contributed by atoms with Gasteiger partial charge >= 0.3 is 6.18 Å². The van der Waals surface area contributed by atoms with E-state index in [4.69, 9.17) is 0 Å². The van der Waals surface area contributed by atoms with Gasteiger partial charge in [-0.3, -0.25) is 9.59 Å². The number of hydrogen-bond acceptors (Lipinski definition) is 2. The quantitative estimate of drug-likeness (QED) is 0.834. The van der Waals surface area contributed by atoms with Crippen LogP contribution in [0, 0.1) is 5.92 Å². The highest BCUT2D eigenvalue weighted by Crippen LogP contribution is 2.36. The molecule has 4 nitrogen and oxygen atoms in total. The topological polar surface area (TPSA) is 49.4 Å². The lowest BCUT2D eigenvalue weighted by molar-refractivity contribution is -0.138. The molecule has 0 radical (unpaired) electrons. The van der Waals surface area contributed by atoms with Crippen LogP contribution in [0.5, 0.6) is 0 Å². The third-order valence-electron chi connectivity index (χ3n) is 3.78. The molecule has 1 saturated heterocycles. The Hall–Kier alpha value is -1.57. The van der Waals surface area contributed by atoms with Crippen molar-refractivity contribution in [2.24, 2.45) is 5.92 Å². The Balaban J connectivity index is 2.10. The van der Waals surface area contributed by atoms with E-state index in [-0.39, 0.29) is 22.0 Å². The van der Waals surface area contributed by atoms with Gasteiger partial charge in [-0.25, -0.2) is 0 Å². The van der Waals surface area contributed by atoms with Crippen LogP contribution in [0.1, 0.15) is 25.3 Å². The number of rotatable bonds is 2. The van der Waals surface area contributed by atoms with Crippen molar-refractivity contribution in [1.29, 1.82) is 0 Å². The summed E-state index contributed by atoms with van der Waals surface area (Å²) >= 11 is 2.86. The highest BCUT2D eigenvalue weighted by atomic mass is 79.9. The van der Waals surface area contributed by atoms with Gasteiger partial charge in [0.05, 0.1) is 11.5 Å². The molecule has 0 spiro atoms. The number of nitrogens with one attached hydrogen (secondary N) is 1. The number of piperidine rings is 1. The minimum Gasteiger partial charge on any atom is -0.342 e. The van der Waals surface area contributed by atoms with Crippen LogP contribution >= 0.6 is 15.9 Å². The maximum atomic E-state index is 12.9. The minimum absolute atomic E-state index is 0.0802. The third kappa shape index (κ3) is 4.46. The molecule has 1 aromatic carbocycles. The monoisotopic (exact) mass is 392 g/mol. The average molecular weight is 393 g/mol. The van der Waals surface area contributed by atoms with Crippen molar-refractivity contribution in [3.8, 4) is 0 Å². The summed E-state index contributed by atoms with van der Waals surface area (Å²) in [5, 5.41) is 2.51. The second kappa shape index (κ2) is 6.90. The van der Waals surface area contributed by atoms with Gasteiger partial charge in [-0.15, -0.1) is 0 Å². The summed E-state index contributed by atoms with van der Waals surface area (Å²) in [6.07, 6.45) is -3.19. The lowest BCUT2D eigenvalue weighted by atomic mass is 9.97. The van der Waals surface area contributed by atoms with Crippen molar-refractivity contribution in [3.63, 3.8) is 0 Å². The van der Waals surface area contributed by atoms with Gasteiger partial charge in [-0.2, -0.15) is 13.2 Å². The Labute approximate surface area is 140 Å². The second-order valence-corrected chi connectivity index (χ2v) is 6.34. The maximum Gasteiger partial charge on any atom is 0.417 e. The Kier molecular flexibility index (Phi) is 5.33. The fourth-order valence-corrected chi connectivity index (χ4v) is 3.01. The van der Waals surface area contributed by atoms with Gasteiger partial charge in [0.2, 0.25) is 11.8 Å². The fraction of sp³-hybridized carbons (Fsp3) is 0.467. The largest absolute Gasteiger partial charge is 0.417 e. The molecule has 1 N–H and O–H groups in total. The molecule has 1 aromatic rings. The highest BCUT2D eigenvalue weighted by Gasteiger charge is 2.33. The van der Waals surface area contributed by atoms with Crippen molar-refractivity contribution >= 4 is 33.4 Å². The SMILES string of the molecule is CC(=O)N1CCC[C@@H](C(=O)Nc2ccc(Br)c(C(F)(F)F)c2)C1. The molecule has 1 aliphatic rings. The summed E-state index contributed by atoms with van der Waals surface area (Å²) in [5.41, 5.74) is -0.755. The van der Waals surface area contributed by atoms with Gasteiger partial charge in [-0.1, -0.05) is 15.9 Å². The molecule has 1 atom stereocenters. The van der Waals surface area contributed by atoms with Crippen LogP contribution in [0.3, 0.4) is 0 Å². The lowest BCUT2D eigenvalue weighted by Gasteiger charge is -2.31. The lowest BCUT2D eigenvalue weighted by Crippen LogP contribution is -2.42. The molecular weight excluding hydrogens is 377 g/mol. The van der Waals surface area contributed by atoms with Crippen LogP contribution < -0.4 is 5.32 Å². The first-order valence-corrected chi connectivity index (χ1v) is 7.91. The molecule has 8 heteroatoms. The van der Waals surface area contributed by atoms with Gasteiger partial charge < -0.3 is 10.2 Å². The molecule has 126 valence electrons. The molecule has 0 aliphatic carbocycles. The standard InChI is InChI=1S/C15H16BrF3N2O2/c1-9(22)21-6-2-3-10(8-21)14(23)20-11-4-5-13(16)12(7-11)15(17,18)19/h4-5,7,10H,2-3,6,8H2,1H3,(H,20,23)/t10-/m1/s1. The Morgan fingerprint density at radius 2 is 2.04 bits per heavy atom. The molecule has 0 bridgehead atoms. The van der Waals surface area contributed by atoms with Gasteiger partial charge in [0.25, 0.3) is 0 Å². The third-order valence-corrected chi connectivity index (χ3v) is 4.47. The fourth-order valence-electron chi connectivity index (χ4n) is 2.54. The molecule has 1 fully saturated rings. The van der Waals surface area contributed by atoms with Crippen molar-refractivity contribution in [1.82, 2.24) is 4.90 Å². The number of carbonyl (C=O) groups is 2. The van der Waals surface area contributed by atoms with Crippen molar-refractivity contribution in [2.75, 3.05) is 18.4 Å². The van der Waals surface area contributed by atoms with E-state index in [2.05, 4.69) is 21.2 Å². The minimum atomic E-state index is -4.50. The summed E-state index contributed by atoms with van der Waals surface area (Å²) < 4.78 is 38.5. The maximum absolute atomic E-state index is 12.9. The summed E-state index contributed by atoms with van der Waals surface area (Å²) in [7, 11) is 0.